The second-order valence-corrected chi connectivity index (χ2v) is 6.52. The quantitative estimate of drug-likeness (QED) is 0.726. The number of nitrogens with one attached hydrogen (secondary N) is 1. The first kappa shape index (κ1) is 15.6. The number of pyridine rings is 1. The average molecular weight is 329 g/mol. The lowest BCUT2D eigenvalue weighted by Crippen LogP contribution is -2.39. The van der Waals surface area contributed by atoms with Crippen molar-refractivity contribution in [3.05, 3.63) is 84.2 Å². The van der Waals surface area contributed by atoms with Gasteiger partial charge in [-0.05, 0) is 54.2 Å². The highest BCUT2D eigenvalue weighted by Gasteiger charge is 2.14. The molecule has 0 spiro atoms. The number of amides is 1. The molecule has 3 aromatic rings. The van der Waals surface area contributed by atoms with Gasteiger partial charge in [0, 0.05) is 17.3 Å². The van der Waals surface area contributed by atoms with E-state index in [4.69, 9.17) is 0 Å². The van der Waals surface area contributed by atoms with Crippen LogP contribution in [0, 0.1) is 0 Å². The lowest BCUT2D eigenvalue weighted by molar-refractivity contribution is -0.683. The van der Waals surface area contributed by atoms with E-state index >= 15 is 0 Å². The van der Waals surface area contributed by atoms with E-state index in [-0.39, 0.29) is 5.91 Å². The van der Waals surface area contributed by atoms with Gasteiger partial charge < -0.3 is 5.32 Å². The fraction of sp³-hybridized carbons (Fsp3) is 0.182. The zero-order valence-corrected chi connectivity index (χ0v) is 14.1. The first-order valence-electron chi connectivity index (χ1n) is 8.74. The van der Waals surface area contributed by atoms with Crippen molar-refractivity contribution in [3.8, 4) is 11.1 Å². The fourth-order valence-electron chi connectivity index (χ4n) is 3.44. The third-order valence-corrected chi connectivity index (χ3v) is 4.67. The van der Waals surface area contributed by atoms with Crippen molar-refractivity contribution >= 4 is 11.6 Å². The Bertz CT molecular complexity index is 903. The number of nitrogens with zero attached hydrogens (tertiary/aromatic N) is 1. The van der Waals surface area contributed by atoms with E-state index in [0.717, 1.165) is 29.7 Å². The maximum atomic E-state index is 12.4. The molecular formula is C22H21N2O+. The van der Waals surface area contributed by atoms with Crippen LogP contribution >= 0.6 is 0 Å². The van der Waals surface area contributed by atoms with Crippen molar-refractivity contribution in [2.45, 2.75) is 25.8 Å². The Morgan fingerprint density at radius 1 is 0.920 bits per heavy atom. The Morgan fingerprint density at radius 3 is 2.60 bits per heavy atom. The second kappa shape index (κ2) is 6.89. The molecule has 0 unspecified atom stereocenters. The van der Waals surface area contributed by atoms with Crippen LogP contribution in [0.15, 0.2) is 73.1 Å². The van der Waals surface area contributed by atoms with Crippen molar-refractivity contribution in [3.63, 3.8) is 0 Å². The Hall–Kier alpha value is -2.94. The van der Waals surface area contributed by atoms with Crippen LogP contribution in [0.4, 0.5) is 5.69 Å². The van der Waals surface area contributed by atoms with Crippen LogP contribution in [0.3, 0.4) is 0 Å². The molecule has 3 nitrogen and oxygen atoms in total. The van der Waals surface area contributed by atoms with E-state index in [9.17, 15) is 4.79 Å². The van der Waals surface area contributed by atoms with E-state index in [1.54, 1.807) is 0 Å². The topological polar surface area (TPSA) is 33.0 Å². The van der Waals surface area contributed by atoms with Gasteiger partial charge in [-0.1, -0.05) is 36.4 Å². The lowest BCUT2D eigenvalue weighted by atomic mass is 10.1. The maximum absolute atomic E-state index is 12.4. The molecule has 0 radical (unpaired) electrons. The predicted octanol–water partition coefficient (Wildman–Crippen LogP) is 3.77. The molecule has 124 valence electrons. The van der Waals surface area contributed by atoms with Gasteiger partial charge in [0.05, 0.1) is 0 Å². The maximum Gasteiger partial charge on any atom is 0.290 e. The van der Waals surface area contributed by atoms with Gasteiger partial charge in [-0.15, -0.1) is 0 Å². The van der Waals surface area contributed by atoms with E-state index < -0.39 is 0 Å². The van der Waals surface area contributed by atoms with Crippen molar-refractivity contribution < 1.29 is 9.36 Å². The van der Waals surface area contributed by atoms with E-state index in [2.05, 4.69) is 35.6 Å². The molecule has 0 aliphatic heterocycles. The highest BCUT2D eigenvalue weighted by Crippen LogP contribution is 2.24. The van der Waals surface area contributed by atoms with Crippen molar-refractivity contribution in [2.24, 2.45) is 0 Å². The summed E-state index contributed by atoms with van der Waals surface area (Å²) in [5.74, 6) is -0.00633. The normalized spacial score (nSPS) is 12.6. The van der Waals surface area contributed by atoms with E-state index in [1.165, 1.54) is 17.5 Å². The number of aromatic nitrogens is 1. The third kappa shape index (κ3) is 3.61. The summed E-state index contributed by atoms with van der Waals surface area (Å²) in [6, 6.07) is 20.5. The highest BCUT2D eigenvalue weighted by atomic mass is 16.1. The number of benzene rings is 2. The van der Waals surface area contributed by atoms with Gasteiger partial charge >= 0.3 is 0 Å². The van der Waals surface area contributed by atoms with Gasteiger partial charge in [0.1, 0.15) is 0 Å². The number of anilines is 1. The van der Waals surface area contributed by atoms with E-state index in [1.807, 2.05) is 47.3 Å². The van der Waals surface area contributed by atoms with Gasteiger partial charge in [-0.2, -0.15) is 4.57 Å². The molecule has 1 aromatic heterocycles. The molecule has 1 aliphatic rings. The first-order valence-corrected chi connectivity index (χ1v) is 8.74. The summed E-state index contributed by atoms with van der Waals surface area (Å²) < 4.78 is 1.92. The Balaban J connectivity index is 1.46. The lowest BCUT2D eigenvalue weighted by Gasteiger charge is -2.06. The average Bonchev–Trinajstić information content (AvgIpc) is 3.10. The zero-order valence-electron chi connectivity index (χ0n) is 14.1. The first-order chi connectivity index (χ1) is 12.3. The molecule has 0 saturated carbocycles. The van der Waals surface area contributed by atoms with Crippen LogP contribution in [-0.2, 0) is 24.2 Å². The minimum Gasteiger partial charge on any atom is -0.321 e. The van der Waals surface area contributed by atoms with Crippen LogP contribution in [0.25, 0.3) is 11.1 Å². The summed E-state index contributed by atoms with van der Waals surface area (Å²) in [5.41, 5.74) is 5.94. The predicted molar refractivity (Wildman–Crippen MR) is 99.2 cm³/mol. The number of carbonyl (C=O) groups excluding carboxylic acids is 1. The standard InChI is InChI=1S/C22H20N2O/c25-22(23-21-12-11-18-8-4-9-19(18)14-21)16-24-13-5-10-20(15-24)17-6-2-1-3-7-17/h1-3,5-7,10-15H,4,8-9,16H2/p+1. The Labute approximate surface area is 148 Å². The van der Waals surface area contributed by atoms with Crippen molar-refractivity contribution in [1.82, 2.24) is 0 Å². The van der Waals surface area contributed by atoms with Crippen LogP contribution < -0.4 is 9.88 Å². The van der Waals surface area contributed by atoms with E-state index in [0.29, 0.717) is 6.54 Å². The van der Waals surface area contributed by atoms with Crippen molar-refractivity contribution in [1.29, 1.82) is 0 Å². The Morgan fingerprint density at radius 2 is 1.72 bits per heavy atom. The minimum absolute atomic E-state index is 0.00633. The number of hydrogen-bond acceptors (Lipinski definition) is 1. The van der Waals surface area contributed by atoms with Gasteiger partial charge in [-0.3, -0.25) is 4.79 Å². The summed E-state index contributed by atoms with van der Waals surface area (Å²) in [5, 5.41) is 3.02. The molecule has 1 aliphatic carbocycles. The molecular weight excluding hydrogens is 308 g/mol. The molecule has 1 amide bonds. The van der Waals surface area contributed by atoms with Crippen LogP contribution in [0.5, 0.6) is 0 Å². The van der Waals surface area contributed by atoms with Gasteiger partial charge in [0.15, 0.2) is 12.4 Å². The number of aryl methyl sites for hydroxylation is 2. The largest absolute Gasteiger partial charge is 0.321 e. The molecule has 0 atom stereocenters. The SMILES string of the molecule is O=C(C[n+]1cccc(-c2ccccc2)c1)Nc1ccc2c(c1)CCC2. The number of rotatable bonds is 4. The van der Waals surface area contributed by atoms with Crippen LogP contribution in [-0.4, -0.2) is 5.91 Å². The monoisotopic (exact) mass is 329 g/mol. The molecule has 4 rings (SSSR count). The summed E-state index contributed by atoms with van der Waals surface area (Å²) >= 11 is 0. The minimum atomic E-state index is -0.00633. The summed E-state index contributed by atoms with van der Waals surface area (Å²) in [6.45, 7) is 0.303. The molecule has 0 fully saturated rings. The molecule has 0 saturated heterocycles. The third-order valence-electron chi connectivity index (χ3n) is 4.67. The molecule has 1 heterocycles. The number of carbonyl (C=O) groups is 1. The summed E-state index contributed by atoms with van der Waals surface area (Å²) in [7, 11) is 0. The second-order valence-electron chi connectivity index (χ2n) is 6.52. The highest BCUT2D eigenvalue weighted by molar-refractivity contribution is 5.89. The summed E-state index contributed by atoms with van der Waals surface area (Å²) in [4.78, 5) is 12.4. The fourth-order valence-corrected chi connectivity index (χ4v) is 3.44. The van der Waals surface area contributed by atoms with Crippen LogP contribution in [0.2, 0.25) is 0 Å². The van der Waals surface area contributed by atoms with Gasteiger partial charge in [-0.25, -0.2) is 0 Å². The summed E-state index contributed by atoms with van der Waals surface area (Å²) in [6.07, 6.45) is 7.43. The van der Waals surface area contributed by atoms with Crippen LogP contribution in [0.1, 0.15) is 17.5 Å². The molecule has 0 bridgehead atoms. The molecule has 1 N–H and O–H groups in total. The van der Waals surface area contributed by atoms with Gasteiger partial charge in [0.2, 0.25) is 6.54 Å². The Kier molecular flexibility index (Phi) is 4.30. The number of fused-ring (bicyclic) bond motifs is 1. The van der Waals surface area contributed by atoms with Gasteiger partial charge in [0.25, 0.3) is 5.91 Å². The number of hydrogen-bond donors (Lipinski definition) is 1. The molecule has 25 heavy (non-hydrogen) atoms. The van der Waals surface area contributed by atoms with Crippen molar-refractivity contribution in [2.75, 3.05) is 5.32 Å². The molecule has 3 heteroatoms. The zero-order chi connectivity index (χ0) is 17.1. The smallest absolute Gasteiger partial charge is 0.290 e. The molecule has 2 aromatic carbocycles.